The number of hydrogen-bond acceptors (Lipinski definition) is 4. The normalized spacial score (nSPS) is 13.9. The Labute approximate surface area is 177 Å². The zero-order valence-electron chi connectivity index (χ0n) is 17.5. The minimum atomic E-state index is -0.0187. The van der Waals surface area contributed by atoms with Crippen LogP contribution in [0.1, 0.15) is 16.7 Å². The van der Waals surface area contributed by atoms with E-state index in [0.717, 1.165) is 35.7 Å². The molecule has 0 radical (unpaired) electrons. The molecule has 30 heavy (non-hydrogen) atoms. The summed E-state index contributed by atoms with van der Waals surface area (Å²) >= 11 is 0. The largest absolute Gasteiger partial charge is 0.352 e. The first-order chi connectivity index (χ1) is 14.6. The summed E-state index contributed by atoms with van der Waals surface area (Å²) < 4.78 is 0. The van der Waals surface area contributed by atoms with Gasteiger partial charge in [0.25, 0.3) is 0 Å². The minimum absolute atomic E-state index is 0.0187. The molecule has 2 aromatic carbocycles. The van der Waals surface area contributed by atoms with E-state index in [2.05, 4.69) is 52.5 Å². The van der Waals surface area contributed by atoms with Crippen LogP contribution in [-0.2, 0) is 6.54 Å². The molecule has 154 valence electrons. The number of aryl methyl sites for hydroxylation is 2. The van der Waals surface area contributed by atoms with E-state index < -0.39 is 0 Å². The van der Waals surface area contributed by atoms with Gasteiger partial charge in [0.05, 0.1) is 5.69 Å². The average Bonchev–Trinajstić information content (AvgIpc) is 2.78. The highest BCUT2D eigenvalue weighted by molar-refractivity contribution is 5.74. The Hall–Kier alpha value is -3.41. The number of piperazine rings is 1. The van der Waals surface area contributed by atoms with Gasteiger partial charge in [0.2, 0.25) is 0 Å². The molecule has 2 heterocycles. The first-order valence-corrected chi connectivity index (χ1v) is 10.3. The van der Waals surface area contributed by atoms with Crippen molar-refractivity contribution in [2.45, 2.75) is 20.4 Å². The molecule has 2 amide bonds. The molecule has 6 heteroatoms. The zero-order valence-corrected chi connectivity index (χ0v) is 17.5. The molecule has 0 aliphatic carbocycles. The van der Waals surface area contributed by atoms with Gasteiger partial charge < -0.3 is 15.1 Å². The summed E-state index contributed by atoms with van der Waals surface area (Å²) in [5.74, 6) is 0.854. The van der Waals surface area contributed by atoms with E-state index in [4.69, 9.17) is 0 Å². The van der Waals surface area contributed by atoms with E-state index >= 15 is 0 Å². The molecule has 0 saturated carbocycles. The summed E-state index contributed by atoms with van der Waals surface area (Å²) in [6.45, 7) is 7.56. The fraction of sp³-hybridized carbons (Fsp3) is 0.292. The highest BCUT2D eigenvalue weighted by Gasteiger charge is 2.22. The maximum absolute atomic E-state index is 12.4. The number of carbonyl (C=O) groups is 1. The smallest absolute Gasteiger partial charge is 0.317 e. The van der Waals surface area contributed by atoms with Crippen molar-refractivity contribution in [1.82, 2.24) is 20.4 Å². The second kappa shape index (κ2) is 8.95. The molecule has 0 spiro atoms. The first-order valence-electron chi connectivity index (χ1n) is 10.3. The lowest BCUT2D eigenvalue weighted by Gasteiger charge is -2.35. The van der Waals surface area contributed by atoms with Crippen LogP contribution in [0, 0.1) is 13.8 Å². The Kier molecular flexibility index (Phi) is 5.93. The van der Waals surface area contributed by atoms with E-state index in [1.165, 1.54) is 11.1 Å². The fourth-order valence-corrected chi connectivity index (χ4v) is 3.76. The molecule has 1 aromatic heterocycles. The number of urea groups is 1. The number of carbonyl (C=O) groups excluding carboxylic acids is 1. The van der Waals surface area contributed by atoms with Crippen LogP contribution in [-0.4, -0.2) is 47.3 Å². The summed E-state index contributed by atoms with van der Waals surface area (Å²) in [5.41, 5.74) is 5.54. The van der Waals surface area contributed by atoms with Gasteiger partial charge in [0.1, 0.15) is 0 Å². The number of aromatic nitrogens is 2. The summed E-state index contributed by atoms with van der Waals surface area (Å²) in [4.78, 5) is 16.5. The summed E-state index contributed by atoms with van der Waals surface area (Å²) in [5, 5.41) is 11.9. The lowest BCUT2D eigenvalue weighted by molar-refractivity contribution is 0.194. The number of nitrogens with one attached hydrogen (secondary N) is 1. The van der Waals surface area contributed by atoms with Crippen molar-refractivity contribution in [3.8, 4) is 11.3 Å². The standard InChI is InChI=1S/C24H27N5O/c1-18-8-9-21(19(2)16-18)22-10-11-23(27-26-22)28-12-14-29(15-13-28)24(30)25-17-20-6-4-3-5-7-20/h3-11,16H,12-15,17H2,1-2H3,(H,25,30). The van der Waals surface area contributed by atoms with Crippen molar-refractivity contribution in [3.05, 3.63) is 77.4 Å². The van der Waals surface area contributed by atoms with Crippen LogP contribution < -0.4 is 10.2 Å². The molecule has 0 unspecified atom stereocenters. The van der Waals surface area contributed by atoms with Crippen molar-refractivity contribution < 1.29 is 4.79 Å². The maximum atomic E-state index is 12.4. The van der Waals surface area contributed by atoms with Gasteiger partial charge in [-0.25, -0.2) is 4.79 Å². The minimum Gasteiger partial charge on any atom is -0.352 e. The van der Waals surface area contributed by atoms with Crippen molar-refractivity contribution in [3.63, 3.8) is 0 Å². The Balaban J connectivity index is 1.32. The third-order valence-corrected chi connectivity index (χ3v) is 5.49. The molecule has 1 saturated heterocycles. The van der Waals surface area contributed by atoms with Crippen LogP contribution in [0.15, 0.2) is 60.7 Å². The van der Waals surface area contributed by atoms with Gasteiger partial charge in [-0.05, 0) is 37.1 Å². The number of benzene rings is 2. The molecule has 1 fully saturated rings. The quantitative estimate of drug-likeness (QED) is 0.723. The predicted molar refractivity (Wildman–Crippen MR) is 119 cm³/mol. The molecule has 1 aliphatic rings. The Morgan fingerprint density at radius 1 is 0.933 bits per heavy atom. The van der Waals surface area contributed by atoms with Crippen LogP contribution in [0.4, 0.5) is 10.6 Å². The molecule has 1 N–H and O–H groups in total. The van der Waals surface area contributed by atoms with Crippen LogP contribution in [0.5, 0.6) is 0 Å². The van der Waals surface area contributed by atoms with Crippen molar-refractivity contribution in [1.29, 1.82) is 0 Å². The Bertz CT molecular complexity index is 996. The molecule has 0 atom stereocenters. The number of anilines is 1. The van der Waals surface area contributed by atoms with Crippen LogP contribution in [0.3, 0.4) is 0 Å². The van der Waals surface area contributed by atoms with Crippen molar-refractivity contribution >= 4 is 11.8 Å². The SMILES string of the molecule is Cc1ccc(-c2ccc(N3CCN(C(=O)NCc4ccccc4)CC3)nn2)c(C)c1. The molecule has 0 bridgehead atoms. The van der Waals surface area contributed by atoms with E-state index in [9.17, 15) is 4.79 Å². The van der Waals surface area contributed by atoms with Crippen LogP contribution in [0.2, 0.25) is 0 Å². The Morgan fingerprint density at radius 3 is 2.37 bits per heavy atom. The number of nitrogens with zero attached hydrogens (tertiary/aromatic N) is 4. The highest BCUT2D eigenvalue weighted by atomic mass is 16.2. The topological polar surface area (TPSA) is 61.4 Å². The van der Waals surface area contributed by atoms with Gasteiger partial charge in [-0.15, -0.1) is 10.2 Å². The average molecular weight is 402 g/mol. The van der Waals surface area contributed by atoms with E-state index in [0.29, 0.717) is 19.6 Å². The Morgan fingerprint density at radius 2 is 1.70 bits per heavy atom. The summed E-state index contributed by atoms with van der Waals surface area (Å²) in [6, 6.07) is 20.3. The number of amides is 2. The highest BCUT2D eigenvalue weighted by Crippen LogP contribution is 2.23. The third-order valence-electron chi connectivity index (χ3n) is 5.49. The second-order valence-electron chi connectivity index (χ2n) is 7.71. The summed E-state index contributed by atoms with van der Waals surface area (Å²) in [6.07, 6.45) is 0. The van der Waals surface area contributed by atoms with Gasteiger partial charge in [0.15, 0.2) is 5.82 Å². The lowest BCUT2D eigenvalue weighted by atomic mass is 10.0. The number of hydrogen-bond donors (Lipinski definition) is 1. The molecule has 4 rings (SSSR count). The van der Waals surface area contributed by atoms with Gasteiger partial charge in [-0.2, -0.15) is 0 Å². The monoisotopic (exact) mass is 401 g/mol. The zero-order chi connectivity index (χ0) is 20.9. The van der Waals surface area contributed by atoms with Crippen molar-refractivity contribution in [2.24, 2.45) is 0 Å². The van der Waals surface area contributed by atoms with Gasteiger partial charge in [-0.1, -0.05) is 54.1 Å². The van der Waals surface area contributed by atoms with Gasteiger partial charge >= 0.3 is 6.03 Å². The molecular formula is C24H27N5O. The second-order valence-corrected chi connectivity index (χ2v) is 7.71. The van der Waals surface area contributed by atoms with E-state index in [1.807, 2.05) is 47.4 Å². The van der Waals surface area contributed by atoms with Crippen molar-refractivity contribution in [2.75, 3.05) is 31.1 Å². The molecule has 1 aliphatic heterocycles. The van der Waals surface area contributed by atoms with Crippen LogP contribution >= 0.6 is 0 Å². The van der Waals surface area contributed by atoms with Gasteiger partial charge in [-0.3, -0.25) is 0 Å². The fourth-order valence-electron chi connectivity index (χ4n) is 3.76. The molecule has 6 nitrogen and oxygen atoms in total. The molecular weight excluding hydrogens is 374 g/mol. The predicted octanol–water partition coefficient (Wildman–Crippen LogP) is 3.79. The summed E-state index contributed by atoms with van der Waals surface area (Å²) in [7, 11) is 0. The third kappa shape index (κ3) is 4.59. The number of rotatable bonds is 4. The van der Waals surface area contributed by atoms with E-state index in [-0.39, 0.29) is 6.03 Å². The lowest BCUT2D eigenvalue weighted by Crippen LogP contribution is -2.51. The molecule has 3 aromatic rings. The maximum Gasteiger partial charge on any atom is 0.317 e. The van der Waals surface area contributed by atoms with E-state index in [1.54, 1.807) is 0 Å². The first kappa shape index (κ1) is 19.9. The van der Waals surface area contributed by atoms with Crippen LogP contribution in [0.25, 0.3) is 11.3 Å². The van der Waals surface area contributed by atoms with Gasteiger partial charge in [0, 0.05) is 38.3 Å².